The van der Waals surface area contributed by atoms with Gasteiger partial charge in [0, 0.05) is 27.7 Å². The number of nitrogens with zero attached hydrogens (tertiary/aromatic N) is 1. The molecule has 0 atom stereocenters. The second-order valence-corrected chi connectivity index (χ2v) is 8.54. The normalized spacial score (nSPS) is 10.7. The van der Waals surface area contributed by atoms with E-state index >= 15 is 0 Å². The van der Waals surface area contributed by atoms with Gasteiger partial charge in [-0.3, -0.25) is 9.59 Å². The van der Waals surface area contributed by atoms with Crippen molar-refractivity contribution in [2.75, 3.05) is 5.32 Å². The molecule has 0 bridgehead atoms. The van der Waals surface area contributed by atoms with E-state index in [9.17, 15) is 9.59 Å². The van der Waals surface area contributed by atoms with Crippen LogP contribution in [0.5, 0.6) is 0 Å². The van der Waals surface area contributed by atoms with Crippen molar-refractivity contribution < 1.29 is 9.59 Å². The first kappa shape index (κ1) is 20.3. The van der Waals surface area contributed by atoms with Crippen LogP contribution in [-0.2, 0) is 6.54 Å². The lowest BCUT2D eigenvalue weighted by molar-refractivity contribution is 0.0949. The molecule has 0 aliphatic rings. The second kappa shape index (κ2) is 8.77. The zero-order chi connectivity index (χ0) is 21.1. The standard InChI is InChI=1S/C23H18BrN3O2S/c1-14-9-10-16(22(28)25-13-15-5-4-6-17(24)11-15)12-19(14)26-23(29)21-18-7-2-3-8-20(18)30-27-21/h2-12H,13H2,1H3,(H,25,28)(H,26,29). The SMILES string of the molecule is Cc1ccc(C(=O)NCc2cccc(Br)c2)cc1NC(=O)c1nsc2ccccc12. The van der Waals surface area contributed by atoms with Crippen molar-refractivity contribution in [2.24, 2.45) is 0 Å². The molecule has 0 radical (unpaired) electrons. The molecular formula is C23H18BrN3O2S. The van der Waals surface area contributed by atoms with Crippen LogP contribution in [0.1, 0.15) is 32.0 Å². The summed E-state index contributed by atoms with van der Waals surface area (Å²) < 4.78 is 6.22. The number of hydrogen-bond donors (Lipinski definition) is 2. The van der Waals surface area contributed by atoms with E-state index < -0.39 is 0 Å². The van der Waals surface area contributed by atoms with Gasteiger partial charge in [-0.15, -0.1) is 0 Å². The van der Waals surface area contributed by atoms with E-state index in [0.29, 0.717) is 23.5 Å². The van der Waals surface area contributed by atoms with Crippen LogP contribution in [0.4, 0.5) is 5.69 Å². The predicted molar refractivity (Wildman–Crippen MR) is 124 cm³/mol. The first-order valence-corrected chi connectivity index (χ1v) is 10.9. The summed E-state index contributed by atoms with van der Waals surface area (Å²) in [7, 11) is 0. The van der Waals surface area contributed by atoms with Gasteiger partial charge in [0.1, 0.15) is 5.69 Å². The molecule has 4 aromatic rings. The lowest BCUT2D eigenvalue weighted by Gasteiger charge is -2.11. The lowest BCUT2D eigenvalue weighted by atomic mass is 10.1. The van der Waals surface area contributed by atoms with Crippen molar-refractivity contribution in [3.8, 4) is 0 Å². The number of carbonyl (C=O) groups is 2. The maximum absolute atomic E-state index is 12.8. The third-order valence-corrected chi connectivity index (χ3v) is 6.00. The average molecular weight is 480 g/mol. The van der Waals surface area contributed by atoms with Gasteiger partial charge in [0.15, 0.2) is 0 Å². The van der Waals surface area contributed by atoms with Gasteiger partial charge in [-0.25, -0.2) is 0 Å². The Morgan fingerprint density at radius 2 is 1.83 bits per heavy atom. The predicted octanol–water partition coefficient (Wildman–Crippen LogP) is 5.55. The summed E-state index contributed by atoms with van der Waals surface area (Å²) in [6.45, 7) is 2.30. The fourth-order valence-electron chi connectivity index (χ4n) is 3.06. The molecule has 1 heterocycles. The minimum absolute atomic E-state index is 0.204. The second-order valence-electron chi connectivity index (χ2n) is 6.82. The molecule has 0 saturated carbocycles. The maximum Gasteiger partial charge on any atom is 0.276 e. The summed E-state index contributed by atoms with van der Waals surface area (Å²) in [4.78, 5) is 25.4. The fourth-order valence-corrected chi connectivity index (χ4v) is 4.28. The Bertz CT molecular complexity index is 1250. The molecule has 0 unspecified atom stereocenters. The van der Waals surface area contributed by atoms with E-state index in [1.807, 2.05) is 61.5 Å². The van der Waals surface area contributed by atoms with Crippen LogP contribution in [0.2, 0.25) is 0 Å². The molecular weight excluding hydrogens is 462 g/mol. The largest absolute Gasteiger partial charge is 0.348 e. The Kier molecular flexibility index (Phi) is 5.92. The van der Waals surface area contributed by atoms with E-state index in [0.717, 1.165) is 25.7 Å². The molecule has 2 amide bonds. The number of anilines is 1. The molecule has 5 nitrogen and oxygen atoms in total. The Morgan fingerprint density at radius 3 is 2.67 bits per heavy atom. The van der Waals surface area contributed by atoms with Crippen molar-refractivity contribution in [2.45, 2.75) is 13.5 Å². The third-order valence-electron chi connectivity index (χ3n) is 4.68. The molecule has 30 heavy (non-hydrogen) atoms. The third kappa shape index (κ3) is 4.42. The van der Waals surface area contributed by atoms with Gasteiger partial charge in [0.2, 0.25) is 0 Å². The molecule has 0 fully saturated rings. The smallest absolute Gasteiger partial charge is 0.276 e. The van der Waals surface area contributed by atoms with Gasteiger partial charge < -0.3 is 10.6 Å². The number of aryl methyl sites for hydroxylation is 1. The van der Waals surface area contributed by atoms with Crippen molar-refractivity contribution >= 4 is 55.1 Å². The molecule has 0 saturated heterocycles. The highest BCUT2D eigenvalue weighted by atomic mass is 79.9. The van der Waals surface area contributed by atoms with E-state index in [1.54, 1.807) is 12.1 Å². The Morgan fingerprint density at radius 1 is 1.00 bits per heavy atom. The lowest BCUT2D eigenvalue weighted by Crippen LogP contribution is -2.23. The number of aromatic nitrogens is 1. The number of nitrogens with one attached hydrogen (secondary N) is 2. The molecule has 4 rings (SSSR count). The minimum Gasteiger partial charge on any atom is -0.348 e. The molecule has 0 aliphatic heterocycles. The van der Waals surface area contributed by atoms with E-state index in [4.69, 9.17) is 0 Å². The fraction of sp³-hybridized carbons (Fsp3) is 0.0870. The highest BCUT2D eigenvalue weighted by molar-refractivity contribution is 9.10. The highest BCUT2D eigenvalue weighted by Gasteiger charge is 2.16. The Balaban J connectivity index is 1.50. The summed E-state index contributed by atoms with van der Waals surface area (Å²) in [6.07, 6.45) is 0. The molecule has 0 spiro atoms. The first-order chi connectivity index (χ1) is 14.5. The van der Waals surface area contributed by atoms with E-state index in [2.05, 4.69) is 30.9 Å². The van der Waals surface area contributed by atoms with E-state index in [-0.39, 0.29) is 11.8 Å². The van der Waals surface area contributed by atoms with Crippen LogP contribution in [0.3, 0.4) is 0 Å². The Hall–Kier alpha value is -3.03. The first-order valence-electron chi connectivity index (χ1n) is 9.30. The number of fused-ring (bicyclic) bond motifs is 1. The quantitative estimate of drug-likeness (QED) is 0.394. The number of benzene rings is 3. The van der Waals surface area contributed by atoms with Crippen molar-refractivity contribution in [3.05, 3.63) is 93.6 Å². The number of halogens is 1. The van der Waals surface area contributed by atoms with Crippen LogP contribution in [0.15, 0.2) is 71.2 Å². The minimum atomic E-state index is -0.290. The summed E-state index contributed by atoms with van der Waals surface area (Å²) in [5.74, 6) is -0.494. The zero-order valence-electron chi connectivity index (χ0n) is 16.1. The number of rotatable bonds is 5. The van der Waals surface area contributed by atoms with Crippen LogP contribution < -0.4 is 10.6 Å². The van der Waals surface area contributed by atoms with Gasteiger partial charge in [-0.1, -0.05) is 52.3 Å². The van der Waals surface area contributed by atoms with Gasteiger partial charge in [-0.2, -0.15) is 4.37 Å². The molecule has 1 aromatic heterocycles. The molecule has 2 N–H and O–H groups in total. The van der Waals surface area contributed by atoms with E-state index in [1.165, 1.54) is 11.5 Å². The average Bonchev–Trinajstić information content (AvgIpc) is 3.18. The summed E-state index contributed by atoms with van der Waals surface area (Å²) in [5.41, 5.74) is 3.32. The zero-order valence-corrected chi connectivity index (χ0v) is 18.5. The molecule has 150 valence electrons. The van der Waals surface area contributed by atoms with Crippen molar-refractivity contribution in [3.63, 3.8) is 0 Å². The monoisotopic (exact) mass is 479 g/mol. The van der Waals surface area contributed by atoms with Gasteiger partial charge in [-0.05, 0) is 59.9 Å². The maximum atomic E-state index is 12.8. The molecule has 3 aromatic carbocycles. The number of carbonyl (C=O) groups excluding carboxylic acids is 2. The van der Waals surface area contributed by atoms with Crippen LogP contribution >= 0.6 is 27.5 Å². The highest BCUT2D eigenvalue weighted by Crippen LogP contribution is 2.24. The molecule has 7 heteroatoms. The van der Waals surface area contributed by atoms with Crippen LogP contribution in [0.25, 0.3) is 10.1 Å². The number of hydrogen-bond acceptors (Lipinski definition) is 4. The van der Waals surface area contributed by atoms with Crippen LogP contribution in [-0.4, -0.2) is 16.2 Å². The number of amides is 2. The van der Waals surface area contributed by atoms with Crippen molar-refractivity contribution in [1.82, 2.24) is 9.69 Å². The summed E-state index contributed by atoms with van der Waals surface area (Å²) in [6, 6.07) is 20.7. The van der Waals surface area contributed by atoms with Crippen molar-refractivity contribution in [1.29, 1.82) is 0 Å². The summed E-state index contributed by atoms with van der Waals surface area (Å²) >= 11 is 4.72. The van der Waals surface area contributed by atoms with Gasteiger partial charge in [0.25, 0.3) is 11.8 Å². The Labute approximate surface area is 186 Å². The summed E-state index contributed by atoms with van der Waals surface area (Å²) in [5, 5.41) is 6.63. The van der Waals surface area contributed by atoms with Gasteiger partial charge >= 0.3 is 0 Å². The van der Waals surface area contributed by atoms with Gasteiger partial charge in [0.05, 0.1) is 4.70 Å². The topological polar surface area (TPSA) is 71.1 Å². The molecule has 0 aliphatic carbocycles. The van der Waals surface area contributed by atoms with Crippen LogP contribution in [0, 0.1) is 6.92 Å².